The Labute approximate surface area is 122 Å². The molecule has 0 saturated heterocycles. The van der Waals surface area contributed by atoms with Crippen molar-refractivity contribution in [1.29, 1.82) is 0 Å². The van der Waals surface area contributed by atoms with E-state index in [0.717, 1.165) is 0 Å². The SMILES string of the molecule is CCN(C)C(=O)C(C)Nc1cc(C(N)=O)ccc1[N+](=O)[O-]. The van der Waals surface area contributed by atoms with E-state index in [9.17, 15) is 19.7 Å². The second kappa shape index (κ2) is 6.69. The number of hydrogen-bond donors (Lipinski definition) is 2. The molecule has 0 spiro atoms. The first kappa shape index (κ1) is 16.4. The van der Waals surface area contributed by atoms with Crippen LogP contribution in [-0.4, -0.2) is 41.3 Å². The molecule has 114 valence electrons. The van der Waals surface area contributed by atoms with Gasteiger partial charge in [-0.05, 0) is 26.0 Å². The monoisotopic (exact) mass is 294 g/mol. The quantitative estimate of drug-likeness (QED) is 0.598. The van der Waals surface area contributed by atoms with Gasteiger partial charge in [-0.15, -0.1) is 0 Å². The summed E-state index contributed by atoms with van der Waals surface area (Å²) in [5.41, 5.74) is 5.15. The molecule has 1 unspecified atom stereocenters. The fourth-order valence-electron chi connectivity index (χ4n) is 1.75. The smallest absolute Gasteiger partial charge is 0.292 e. The summed E-state index contributed by atoms with van der Waals surface area (Å²) < 4.78 is 0. The Balaban J connectivity index is 3.10. The third kappa shape index (κ3) is 3.91. The number of benzene rings is 1. The van der Waals surface area contributed by atoms with Gasteiger partial charge in [0.1, 0.15) is 11.7 Å². The molecule has 0 fully saturated rings. The van der Waals surface area contributed by atoms with Crippen LogP contribution in [-0.2, 0) is 4.79 Å². The third-order valence-electron chi connectivity index (χ3n) is 3.07. The first-order chi connectivity index (χ1) is 9.77. The van der Waals surface area contributed by atoms with E-state index in [0.29, 0.717) is 6.54 Å². The highest BCUT2D eigenvalue weighted by atomic mass is 16.6. The second-order valence-electron chi connectivity index (χ2n) is 4.57. The second-order valence-corrected chi connectivity index (χ2v) is 4.57. The van der Waals surface area contributed by atoms with Crippen molar-refractivity contribution >= 4 is 23.2 Å². The summed E-state index contributed by atoms with van der Waals surface area (Å²) in [7, 11) is 1.63. The summed E-state index contributed by atoms with van der Waals surface area (Å²) in [6.45, 7) is 3.93. The number of nitro benzene ring substituents is 1. The Hall–Kier alpha value is -2.64. The van der Waals surface area contributed by atoms with Crippen molar-refractivity contribution in [3.05, 3.63) is 33.9 Å². The summed E-state index contributed by atoms with van der Waals surface area (Å²) >= 11 is 0. The standard InChI is InChI=1S/C13H18N4O4/c1-4-16(3)13(19)8(2)15-10-7-9(12(14)18)5-6-11(10)17(20)21/h5-8,15H,4H2,1-3H3,(H2,14,18). The van der Waals surface area contributed by atoms with E-state index in [2.05, 4.69) is 5.32 Å². The van der Waals surface area contributed by atoms with Crippen molar-refractivity contribution in [3.63, 3.8) is 0 Å². The van der Waals surface area contributed by atoms with Crippen LogP contribution < -0.4 is 11.1 Å². The first-order valence-corrected chi connectivity index (χ1v) is 6.37. The molecular formula is C13H18N4O4. The van der Waals surface area contributed by atoms with E-state index in [1.807, 2.05) is 6.92 Å². The van der Waals surface area contributed by atoms with Crippen LogP contribution in [0.1, 0.15) is 24.2 Å². The van der Waals surface area contributed by atoms with Crippen LogP contribution in [0.25, 0.3) is 0 Å². The van der Waals surface area contributed by atoms with Crippen LogP contribution in [0.2, 0.25) is 0 Å². The van der Waals surface area contributed by atoms with Gasteiger partial charge >= 0.3 is 0 Å². The molecule has 3 N–H and O–H groups in total. The van der Waals surface area contributed by atoms with Gasteiger partial charge in [0.25, 0.3) is 5.69 Å². The summed E-state index contributed by atoms with van der Waals surface area (Å²) in [6.07, 6.45) is 0. The minimum atomic E-state index is -0.697. The normalized spacial score (nSPS) is 11.6. The van der Waals surface area contributed by atoms with Crippen LogP contribution in [0.3, 0.4) is 0 Å². The maximum atomic E-state index is 12.0. The average molecular weight is 294 g/mol. The molecule has 0 heterocycles. The summed E-state index contributed by atoms with van der Waals surface area (Å²) in [4.78, 5) is 35.0. The van der Waals surface area contributed by atoms with Crippen LogP contribution >= 0.6 is 0 Å². The Morgan fingerprint density at radius 3 is 2.57 bits per heavy atom. The Kier molecular flexibility index (Phi) is 5.23. The number of primary amides is 1. The minimum absolute atomic E-state index is 0.0849. The number of carbonyl (C=O) groups excluding carboxylic acids is 2. The number of anilines is 1. The number of hydrogen-bond acceptors (Lipinski definition) is 5. The number of likely N-dealkylation sites (N-methyl/N-ethyl adjacent to an activating group) is 1. The molecule has 0 bridgehead atoms. The molecule has 2 amide bonds. The molecule has 8 heteroatoms. The van der Waals surface area contributed by atoms with Crippen molar-refractivity contribution in [2.24, 2.45) is 5.73 Å². The topological polar surface area (TPSA) is 119 Å². The zero-order chi connectivity index (χ0) is 16.2. The van der Waals surface area contributed by atoms with E-state index in [1.54, 1.807) is 14.0 Å². The maximum Gasteiger partial charge on any atom is 0.292 e. The van der Waals surface area contributed by atoms with Gasteiger partial charge in [-0.25, -0.2) is 0 Å². The fraction of sp³-hybridized carbons (Fsp3) is 0.385. The predicted octanol–water partition coefficient (Wildman–Crippen LogP) is 0.972. The van der Waals surface area contributed by atoms with Gasteiger partial charge in [-0.1, -0.05) is 0 Å². The molecular weight excluding hydrogens is 276 g/mol. The minimum Gasteiger partial charge on any atom is -0.368 e. The molecule has 1 aromatic rings. The first-order valence-electron chi connectivity index (χ1n) is 6.37. The summed E-state index contributed by atoms with van der Waals surface area (Å²) in [5, 5.41) is 13.8. The van der Waals surface area contributed by atoms with E-state index >= 15 is 0 Å². The molecule has 21 heavy (non-hydrogen) atoms. The van der Waals surface area contributed by atoms with Crippen LogP contribution in [0.15, 0.2) is 18.2 Å². The van der Waals surface area contributed by atoms with Crippen LogP contribution in [0.4, 0.5) is 11.4 Å². The van der Waals surface area contributed by atoms with Crippen molar-refractivity contribution in [1.82, 2.24) is 4.90 Å². The zero-order valence-corrected chi connectivity index (χ0v) is 12.1. The summed E-state index contributed by atoms with van der Waals surface area (Å²) in [6, 6.07) is 3.06. The lowest BCUT2D eigenvalue weighted by molar-refractivity contribution is -0.384. The van der Waals surface area contributed by atoms with Crippen LogP contribution in [0.5, 0.6) is 0 Å². The maximum absolute atomic E-state index is 12.0. The van der Waals surface area contributed by atoms with Gasteiger partial charge < -0.3 is 16.0 Å². The van der Waals surface area contributed by atoms with E-state index in [4.69, 9.17) is 5.73 Å². The molecule has 0 aromatic heterocycles. The van der Waals surface area contributed by atoms with Gasteiger partial charge in [0.05, 0.1) is 4.92 Å². The molecule has 0 aliphatic heterocycles. The Morgan fingerprint density at radius 1 is 1.48 bits per heavy atom. The lowest BCUT2D eigenvalue weighted by atomic mass is 10.1. The highest BCUT2D eigenvalue weighted by Gasteiger charge is 2.21. The average Bonchev–Trinajstić information content (AvgIpc) is 2.44. The fourth-order valence-corrected chi connectivity index (χ4v) is 1.75. The predicted molar refractivity (Wildman–Crippen MR) is 78.0 cm³/mol. The zero-order valence-electron chi connectivity index (χ0n) is 12.1. The molecule has 1 aromatic carbocycles. The largest absolute Gasteiger partial charge is 0.368 e. The van der Waals surface area contributed by atoms with Gasteiger partial charge in [0.15, 0.2) is 0 Å². The van der Waals surface area contributed by atoms with Crippen molar-refractivity contribution in [2.75, 3.05) is 18.9 Å². The molecule has 1 atom stereocenters. The third-order valence-corrected chi connectivity index (χ3v) is 3.07. The lowest BCUT2D eigenvalue weighted by Crippen LogP contribution is -2.39. The van der Waals surface area contributed by atoms with Crippen molar-refractivity contribution in [2.45, 2.75) is 19.9 Å². The molecule has 1 rings (SSSR count). The van der Waals surface area contributed by atoms with E-state index in [-0.39, 0.29) is 22.8 Å². The number of nitro groups is 1. The number of rotatable bonds is 6. The highest BCUT2D eigenvalue weighted by Crippen LogP contribution is 2.26. The molecule has 0 saturated carbocycles. The van der Waals surface area contributed by atoms with Crippen LogP contribution in [0, 0.1) is 10.1 Å². The molecule has 0 radical (unpaired) electrons. The number of amides is 2. The van der Waals surface area contributed by atoms with Gasteiger partial charge in [0, 0.05) is 25.2 Å². The molecule has 8 nitrogen and oxygen atoms in total. The lowest BCUT2D eigenvalue weighted by Gasteiger charge is -2.21. The molecule has 0 aliphatic rings. The number of nitrogens with one attached hydrogen (secondary N) is 1. The van der Waals surface area contributed by atoms with Crippen molar-refractivity contribution in [3.8, 4) is 0 Å². The molecule has 0 aliphatic carbocycles. The number of nitrogens with zero attached hydrogens (tertiary/aromatic N) is 2. The van der Waals surface area contributed by atoms with Gasteiger partial charge in [-0.2, -0.15) is 0 Å². The highest BCUT2D eigenvalue weighted by molar-refractivity contribution is 5.95. The van der Waals surface area contributed by atoms with Gasteiger partial charge in [0.2, 0.25) is 11.8 Å². The Morgan fingerprint density at radius 2 is 2.10 bits per heavy atom. The summed E-state index contributed by atoms with van der Waals surface area (Å²) in [5.74, 6) is -0.908. The Bertz CT molecular complexity index is 573. The van der Waals surface area contributed by atoms with Crippen molar-refractivity contribution < 1.29 is 14.5 Å². The number of carbonyl (C=O) groups is 2. The number of nitrogens with two attached hydrogens (primary N) is 1. The van der Waals surface area contributed by atoms with Gasteiger partial charge in [-0.3, -0.25) is 19.7 Å². The van der Waals surface area contributed by atoms with E-state index in [1.165, 1.54) is 23.1 Å². The van der Waals surface area contributed by atoms with E-state index < -0.39 is 16.9 Å².